The number of nitrogens with zero attached hydrogens (tertiary/aromatic N) is 4. The van der Waals surface area contributed by atoms with E-state index in [1.54, 1.807) is 6.33 Å². The van der Waals surface area contributed by atoms with Gasteiger partial charge in [-0.25, -0.2) is 18.4 Å². The number of hydrogen-bond acceptors (Lipinski definition) is 7. The lowest BCUT2D eigenvalue weighted by atomic mass is 9.86. The molecule has 3 N–H and O–H groups in total. The Morgan fingerprint density at radius 2 is 1.86 bits per heavy atom. The van der Waals surface area contributed by atoms with Crippen LogP contribution < -0.4 is 4.90 Å². The van der Waals surface area contributed by atoms with Crippen molar-refractivity contribution in [1.29, 1.82) is 0 Å². The summed E-state index contributed by atoms with van der Waals surface area (Å²) in [7, 11) is -1.43. The fourth-order valence-corrected chi connectivity index (χ4v) is 6.28. The second kappa shape index (κ2) is 7.58. The Balaban J connectivity index is 1.36. The highest BCUT2D eigenvalue weighted by Crippen LogP contribution is 2.32. The van der Waals surface area contributed by atoms with Gasteiger partial charge in [0, 0.05) is 32.4 Å². The van der Waals surface area contributed by atoms with Gasteiger partial charge in [0.05, 0.1) is 23.3 Å². The predicted molar refractivity (Wildman–Crippen MR) is 105 cm³/mol. The minimum atomic E-state index is -3.46. The molecule has 3 heterocycles. The SMILES string of the molecule is CN(c1ncnc2[nH]ccc12)C1CCC(CS(=O)(=O)N2C[C@@H](O)[C@H](O)C2)CC1. The van der Waals surface area contributed by atoms with Gasteiger partial charge in [0.2, 0.25) is 10.0 Å². The van der Waals surface area contributed by atoms with Crippen molar-refractivity contribution in [1.82, 2.24) is 19.3 Å². The number of rotatable bonds is 5. The second-order valence-corrected chi connectivity index (χ2v) is 9.97. The van der Waals surface area contributed by atoms with E-state index in [1.165, 1.54) is 4.31 Å². The Bertz CT molecular complexity index is 915. The van der Waals surface area contributed by atoms with Crippen LogP contribution in [0.1, 0.15) is 25.7 Å². The molecule has 28 heavy (non-hydrogen) atoms. The number of aliphatic hydroxyl groups is 2. The summed E-state index contributed by atoms with van der Waals surface area (Å²) in [5, 5.41) is 20.2. The van der Waals surface area contributed by atoms with Crippen molar-refractivity contribution < 1.29 is 18.6 Å². The van der Waals surface area contributed by atoms with Crippen molar-refractivity contribution in [2.45, 2.75) is 43.9 Å². The number of anilines is 1. The van der Waals surface area contributed by atoms with E-state index in [9.17, 15) is 18.6 Å². The van der Waals surface area contributed by atoms with Crippen LogP contribution in [0.3, 0.4) is 0 Å². The minimum Gasteiger partial charge on any atom is -0.389 e. The third-order valence-electron chi connectivity index (χ3n) is 6.10. The molecule has 0 amide bonds. The molecular formula is C18H27N5O4S. The lowest BCUT2D eigenvalue weighted by Crippen LogP contribution is -2.39. The van der Waals surface area contributed by atoms with E-state index in [0.29, 0.717) is 6.04 Å². The zero-order valence-corrected chi connectivity index (χ0v) is 16.7. The lowest BCUT2D eigenvalue weighted by molar-refractivity contribution is 0.0572. The van der Waals surface area contributed by atoms with Gasteiger partial charge in [-0.1, -0.05) is 0 Å². The van der Waals surface area contributed by atoms with Gasteiger partial charge in [0.1, 0.15) is 17.8 Å². The quantitative estimate of drug-likeness (QED) is 0.650. The van der Waals surface area contributed by atoms with Crippen molar-refractivity contribution in [3.05, 3.63) is 18.6 Å². The van der Waals surface area contributed by atoms with Gasteiger partial charge in [-0.05, 0) is 37.7 Å². The molecule has 1 aliphatic carbocycles. The number of aromatic amines is 1. The molecule has 1 aliphatic heterocycles. The molecule has 0 bridgehead atoms. The molecule has 9 nitrogen and oxygen atoms in total. The fraction of sp³-hybridized carbons (Fsp3) is 0.667. The molecule has 2 fully saturated rings. The average Bonchev–Trinajstić information content (AvgIpc) is 3.28. The van der Waals surface area contributed by atoms with Gasteiger partial charge in [-0.15, -0.1) is 0 Å². The number of aromatic nitrogens is 3. The van der Waals surface area contributed by atoms with Crippen LogP contribution in [0.2, 0.25) is 0 Å². The third kappa shape index (κ3) is 3.73. The molecule has 10 heteroatoms. The first kappa shape index (κ1) is 19.6. The molecule has 2 aromatic rings. The van der Waals surface area contributed by atoms with Crippen LogP contribution in [-0.2, 0) is 10.0 Å². The summed E-state index contributed by atoms with van der Waals surface area (Å²) in [5.41, 5.74) is 0.812. The summed E-state index contributed by atoms with van der Waals surface area (Å²) >= 11 is 0. The topological polar surface area (TPSA) is 123 Å². The maximum Gasteiger partial charge on any atom is 0.214 e. The molecule has 0 unspecified atom stereocenters. The Hall–Kier alpha value is -1.75. The molecule has 2 aromatic heterocycles. The Labute approximate surface area is 164 Å². The van der Waals surface area contributed by atoms with Crippen LogP contribution in [0.15, 0.2) is 18.6 Å². The van der Waals surface area contributed by atoms with Gasteiger partial charge in [-0.2, -0.15) is 4.31 Å². The van der Waals surface area contributed by atoms with E-state index < -0.39 is 22.2 Å². The van der Waals surface area contributed by atoms with Gasteiger partial charge >= 0.3 is 0 Å². The number of β-amino-alcohol motifs (C(OH)–C–C–N with tert-alkyl or cyclic N) is 2. The predicted octanol–water partition coefficient (Wildman–Crippen LogP) is 0.320. The van der Waals surface area contributed by atoms with Gasteiger partial charge < -0.3 is 20.1 Å². The van der Waals surface area contributed by atoms with Crippen LogP contribution in [0.4, 0.5) is 5.82 Å². The van der Waals surface area contributed by atoms with Crippen molar-refractivity contribution in [3.63, 3.8) is 0 Å². The molecule has 0 radical (unpaired) electrons. The normalized spacial score (nSPS) is 29.4. The van der Waals surface area contributed by atoms with E-state index >= 15 is 0 Å². The molecule has 0 spiro atoms. The standard InChI is InChI=1S/C18H27N5O4S/c1-22(18-14-6-7-19-17(14)20-11-21-18)13-4-2-12(3-5-13)10-28(26,27)23-8-15(24)16(25)9-23/h6-7,11-13,15-16,24-25H,2-5,8-10H2,1H3,(H,19,20,21)/t12?,13?,15-,16-/m1/s1. The number of fused-ring (bicyclic) bond motifs is 1. The van der Waals surface area contributed by atoms with Gasteiger partial charge in [0.15, 0.2) is 0 Å². The van der Waals surface area contributed by atoms with E-state index in [4.69, 9.17) is 0 Å². The molecule has 2 atom stereocenters. The number of hydrogen-bond donors (Lipinski definition) is 3. The van der Waals surface area contributed by atoms with Crippen molar-refractivity contribution in [2.24, 2.45) is 5.92 Å². The molecular weight excluding hydrogens is 382 g/mol. The van der Waals surface area contributed by atoms with E-state index in [0.717, 1.165) is 42.5 Å². The molecule has 154 valence electrons. The smallest absolute Gasteiger partial charge is 0.214 e. The fourth-order valence-electron chi connectivity index (χ4n) is 4.38. The maximum absolute atomic E-state index is 12.6. The summed E-state index contributed by atoms with van der Waals surface area (Å²) in [6.07, 6.45) is 4.89. The number of nitrogens with one attached hydrogen (secondary N) is 1. The van der Waals surface area contributed by atoms with Crippen LogP contribution in [0.5, 0.6) is 0 Å². The van der Waals surface area contributed by atoms with Crippen molar-refractivity contribution >= 4 is 26.9 Å². The summed E-state index contributed by atoms with van der Waals surface area (Å²) in [6, 6.07) is 2.28. The Kier molecular flexibility index (Phi) is 5.30. The van der Waals surface area contributed by atoms with E-state index in [1.807, 2.05) is 19.3 Å². The largest absolute Gasteiger partial charge is 0.389 e. The highest BCUT2D eigenvalue weighted by atomic mass is 32.2. The van der Waals surface area contributed by atoms with Crippen LogP contribution in [0.25, 0.3) is 11.0 Å². The Morgan fingerprint density at radius 1 is 1.18 bits per heavy atom. The number of aliphatic hydroxyl groups excluding tert-OH is 2. The van der Waals surface area contributed by atoms with Gasteiger partial charge in [-0.3, -0.25) is 0 Å². The van der Waals surface area contributed by atoms with Crippen LogP contribution >= 0.6 is 0 Å². The number of sulfonamides is 1. The van der Waals surface area contributed by atoms with Crippen LogP contribution in [0, 0.1) is 5.92 Å². The zero-order chi connectivity index (χ0) is 19.9. The first-order valence-corrected chi connectivity index (χ1v) is 11.3. The van der Waals surface area contributed by atoms with Crippen molar-refractivity contribution in [3.8, 4) is 0 Å². The molecule has 1 saturated carbocycles. The second-order valence-electron chi connectivity index (χ2n) is 7.95. The number of H-pyrrole nitrogens is 1. The zero-order valence-electron chi connectivity index (χ0n) is 15.9. The van der Waals surface area contributed by atoms with Crippen molar-refractivity contribution in [2.75, 3.05) is 30.8 Å². The monoisotopic (exact) mass is 409 g/mol. The molecule has 4 rings (SSSR count). The average molecular weight is 410 g/mol. The molecule has 0 aromatic carbocycles. The van der Waals surface area contributed by atoms with E-state index in [2.05, 4.69) is 19.9 Å². The highest BCUT2D eigenvalue weighted by Gasteiger charge is 2.38. The first-order chi connectivity index (χ1) is 13.3. The summed E-state index contributed by atoms with van der Waals surface area (Å²) in [4.78, 5) is 13.9. The lowest BCUT2D eigenvalue weighted by Gasteiger charge is -2.35. The van der Waals surface area contributed by atoms with Gasteiger partial charge in [0.25, 0.3) is 0 Å². The summed E-state index contributed by atoms with van der Waals surface area (Å²) in [6.45, 7) is -0.0239. The minimum absolute atomic E-state index is 0.0119. The third-order valence-corrected chi connectivity index (χ3v) is 8.07. The first-order valence-electron chi connectivity index (χ1n) is 9.70. The van der Waals surface area contributed by atoms with Crippen LogP contribution in [-0.4, -0.2) is 82.0 Å². The summed E-state index contributed by atoms with van der Waals surface area (Å²) in [5.74, 6) is 1.07. The molecule has 2 aliphatic rings. The maximum atomic E-state index is 12.6. The summed E-state index contributed by atoms with van der Waals surface area (Å²) < 4.78 is 26.5. The highest BCUT2D eigenvalue weighted by molar-refractivity contribution is 7.89. The molecule has 1 saturated heterocycles. The van der Waals surface area contributed by atoms with E-state index in [-0.39, 0.29) is 24.8 Å². The Morgan fingerprint density at radius 3 is 2.54 bits per heavy atom.